The second kappa shape index (κ2) is 7.40. The summed E-state index contributed by atoms with van der Waals surface area (Å²) in [7, 11) is 0. The molecule has 2 aromatic rings. The van der Waals surface area contributed by atoms with Gasteiger partial charge in [0, 0.05) is 11.6 Å². The predicted octanol–water partition coefficient (Wildman–Crippen LogP) is 4.14. The number of carbonyl (C=O) groups excluding carboxylic acids is 1. The van der Waals surface area contributed by atoms with Crippen molar-refractivity contribution in [3.63, 3.8) is 0 Å². The van der Waals surface area contributed by atoms with E-state index in [1.165, 1.54) is 0 Å². The van der Waals surface area contributed by atoms with Gasteiger partial charge in [0.25, 0.3) is 0 Å². The van der Waals surface area contributed by atoms with E-state index in [0.717, 1.165) is 36.8 Å². The summed E-state index contributed by atoms with van der Waals surface area (Å²) < 4.78 is 7.27. The minimum Gasteiger partial charge on any atom is -0.444 e. The van der Waals surface area contributed by atoms with Gasteiger partial charge < -0.3 is 15.8 Å². The fourth-order valence-corrected chi connectivity index (χ4v) is 3.44. The molecule has 0 unspecified atom stereocenters. The number of alkyl carbamates (subject to hydrolysis) is 1. The smallest absolute Gasteiger partial charge is 0.407 e. The molecular weight excluding hydrogens is 328 g/mol. The lowest BCUT2D eigenvalue weighted by Gasteiger charge is -2.30. The van der Waals surface area contributed by atoms with E-state index in [9.17, 15) is 4.79 Å². The first-order valence-corrected chi connectivity index (χ1v) is 9.21. The number of nitrogens with one attached hydrogen (secondary N) is 1. The summed E-state index contributed by atoms with van der Waals surface area (Å²) in [6.45, 7) is 5.61. The van der Waals surface area contributed by atoms with Crippen LogP contribution in [0.15, 0.2) is 36.5 Å². The van der Waals surface area contributed by atoms with E-state index >= 15 is 0 Å². The van der Waals surface area contributed by atoms with E-state index in [-0.39, 0.29) is 18.2 Å². The Bertz CT molecular complexity index is 741. The number of nitrogen functional groups attached to an aromatic ring is 1. The first-order valence-electron chi connectivity index (χ1n) is 9.21. The van der Waals surface area contributed by atoms with Crippen molar-refractivity contribution in [2.45, 2.75) is 64.1 Å². The van der Waals surface area contributed by atoms with Gasteiger partial charge in [0.15, 0.2) is 0 Å². The quantitative estimate of drug-likeness (QED) is 0.866. The van der Waals surface area contributed by atoms with Crippen LogP contribution >= 0.6 is 0 Å². The minimum atomic E-state index is -0.474. The van der Waals surface area contributed by atoms with E-state index in [0.29, 0.717) is 5.82 Å². The highest BCUT2D eigenvalue weighted by molar-refractivity contribution is 5.73. The van der Waals surface area contributed by atoms with E-state index in [4.69, 9.17) is 10.5 Å². The molecule has 1 aliphatic carbocycles. The lowest BCUT2D eigenvalue weighted by atomic mass is 9.91. The molecule has 1 saturated carbocycles. The summed E-state index contributed by atoms with van der Waals surface area (Å²) in [6.07, 6.45) is 5.15. The van der Waals surface area contributed by atoms with E-state index < -0.39 is 5.60 Å². The number of amides is 1. The minimum absolute atomic E-state index is 0.145. The number of aromatic nitrogens is 2. The Morgan fingerprint density at radius 1 is 1.19 bits per heavy atom. The molecular formula is C20H28N4O2. The SMILES string of the molecule is CC(C)(C)OC(=O)N[C@H]1CC[C@@H](n2ncc(-c3ccccc3)c2N)CC1. The Kier molecular flexibility index (Phi) is 5.20. The number of hydrogen-bond acceptors (Lipinski definition) is 4. The average Bonchev–Trinajstić information content (AvgIpc) is 2.96. The van der Waals surface area contributed by atoms with Gasteiger partial charge in [-0.15, -0.1) is 0 Å². The summed E-state index contributed by atoms with van der Waals surface area (Å²) in [4.78, 5) is 11.9. The first-order chi connectivity index (χ1) is 12.3. The Labute approximate surface area is 154 Å². The molecule has 140 valence electrons. The zero-order valence-corrected chi connectivity index (χ0v) is 15.7. The Morgan fingerprint density at radius 3 is 2.46 bits per heavy atom. The molecule has 1 aromatic heterocycles. The van der Waals surface area contributed by atoms with Crippen LogP contribution in [0.2, 0.25) is 0 Å². The third-order valence-corrected chi connectivity index (χ3v) is 4.68. The van der Waals surface area contributed by atoms with Gasteiger partial charge in [-0.1, -0.05) is 30.3 Å². The molecule has 0 aliphatic heterocycles. The lowest BCUT2D eigenvalue weighted by molar-refractivity contribution is 0.0487. The summed E-state index contributed by atoms with van der Waals surface area (Å²) in [5.41, 5.74) is 7.94. The molecule has 0 saturated heterocycles. The van der Waals surface area contributed by atoms with Crippen molar-refractivity contribution in [3.05, 3.63) is 36.5 Å². The maximum absolute atomic E-state index is 11.9. The molecule has 3 rings (SSSR count). The molecule has 0 spiro atoms. The van der Waals surface area contributed by atoms with Crippen LogP contribution in [-0.4, -0.2) is 27.5 Å². The molecule has 6 heteroatoms. The van der Waals surface area contributed by atoms with Gasteiger partial charge in [-0.25, -0.2) is 9.48 Å². The van der Waals surface area contributed by atoms with Crippen LogP contribution in [0.3, 0.4) is 0 Å². The fraction of sp³-hybridized carbons (Fsp3) is 0.500. The highest BCUT2D eigenvalue weighted by Gasteiger charge is 2.27. The number of hydrogen-bond donors (Lipinski definition) is 2. The molecule has 1 fully saturated rings. The van der Waals surface area contributed by atoms with E-state index in [1.807, 2.05) is 62.0 Å². The van der Waals surface area contributed by atoms with E-state index in [1.54, 1.807) is 0 Å². The lowest BCUT2D eigenvalue weighted by Crippen LogP contribution is -2.41. The number of carbonyl (C=O) groups is 1. The van der Waals surface area contributed by atoms with Crippen molar-refractivity contribution in [2.24, 2.45) is 0 Å². The van der Waals surface area contributed by atoms with Crippen molar-refractivity contribution in [2.75, 3.05) is 5.73 Å². The third kappa shape index (κ3) is 4.36. The maximum atomic E-state index is 11.9. The van der Waals surface area contributed by atoms with Crippen LogP contribution < -0.4 is 11.1 Å². The van der Waals surface area contributed by atoms with Crippen molar-refractivity contribution < 1.29 is 9.53 Å². The zero-order chi connectivity index (χ0) is 18.7. The molecule has 1 aromatic carbocycles. The molecule has 26 heavy (non-hydrogen) atoms. The molecule has 6 nitrogen and oxygen atoms in total. The average molecular weight is 356 g/mol. The van der Waals surface area contributed by atoms with Crippen molar-refractivity contribution in [3.8, 4) is 11.1 Å². The Hall–Kier alpha value is -2.50. The second-order valence-electron chi connectivity index (χ2n) is 7.91. The largest absolute Gasteiger partial charge is 0.444 e. The van der Waals surface area contributed by atoms with Crippen LogP contribution in [0, 0.1) is 0 Å². The van der Waals surface area contributed by atoms with Crippen molar-refractivity contribution >= 4 is 11.9 Å². The molecule has 0 atom stereocenters. The standard InChI is InChI=1S/C20H28N4O2/c1-20(2,3)26-19(25)23-15-9-11-16(12-10-15)24-18(21)17(13-22-24)14-7-5-4-6-8-14/h4-8,13,15-16H,9-12,21H2,1-3H3,(H,23,25)/t15-,16+. The number of rotatable bonds is 3. The zero-order valence-electron chi connectivity index (χ0n) is 15.7. The van der Waals surface area contributed by atoms with Crippen LogP contribution in [0.25, 0.3) is 11.1 Å². The summed E-state index contributed by atoms with van der Waals surface area (Å²) in [5, 5.41) is 7.50. The number of benzene rings is 1. The van der Waals surface area contributed by atoms with Crippen LogP contribution in [0.4, 0.5) is 10.6 Å². The molecule has 3 N–H and O–H groups in total. The number of anilines is 1. The summed E-state index contributed by atoms with van der Waals surface area (Å²) >= 11 is 0. The van der Waals surface area contributed by atoms with Gasteiger partial charge in [-0.2, -0.15) is 5.10 Å². The van der Waals surface area contributed by atoms with Crippen LogP contribution in [-0.2, 0) is 4.74 Å². The topological polar surface area (TPSA) is 82.2 Å². The van der Waals surface area contributed by atoms with Gasteiger partial charge in [-0.05, 0) is 52.0 Å². The highest BCUT2D eigenvalue weighted by atomic mass is 16.6. The van der Waals surface area contributed by atoms with Gasteiger partial charge in [-0.3, -0.25) is 0 Å². The Balaban J connectivity index is 1.59. The maximum Gasteiger partial charge on any atom is 0.407 e. The van der Waals surface area contributed by atoms with Gasteiger partial charge in [0.2, 0.25) is 0 Å². The van der Waals surface area contributed by atoms with Crippen LogP contribution in [0.1, 0.15) is 52.5 Å². The molecule has 0 radical (unpaired) electrons. The Morgan fingerprint density at radius 2 is 1.85 bits per heavy atom. The van der Waals surface area contributed by atoms with Crippen molar-refractivity contribution in [1.29, 1.82) is 0 Å². The second-order valence-corrected chi connectivity index (χ2v) is 7.91. The number of ether oxygens (including phenoxy) is 1. The van der Waals surface area contributed by atoms with Gasteiger partial charge in [0.1, 0.15) is 11.4 Å². The molecule has 1 aliphatic rings. The van der Waals surface area contributed by atoms with E-state index in [2.05, 4.69) is 10.4 Å². The molecule has 1 heterocycles. The third-order valence-electron chi connectivity index (χ3n) is 4.68. The molecule has 1 amide bonds. The van der Waals surface area contributed by atoms with Gasteiger partial charge >= 0.3 is 6.09 Å². The summed E-state index contributed by atoms with van der Waals surface area (Å²) in [6, 6.07) is 10.5. The predicted molar refractivity (Wildman–Crippen MR) is 103 cm³/mol. The fourth-order valence-electron chi connectivity index (χ4n) is 3.44. The normalized spacial score (nSPS) is 20.6. The van der Waals surface area contributed by atoms with Crippen molar-refractivity contribution in [1.82, 2.24) is 15.1 Å². The monoisotopic (exact) mass is 356 g/mol. The van der Waals surface area contributed by atoms with Gasteiger partial charge in [0.05, 0.1) is 12.2 Å². The van der Waals surface area contributed by atoms with Crippen LogP contribution in [0.5, 0.6) is 0 Å². The number of nitrogens with zero attached hydrogens (tertiary/aromatic N) is 2. The molecule has 0 bridgehead atoms. The first kappa shape index (κ1) is 18.3. The summed E-state index contributed by atoms with van der Waals surface area (Å²) in [5.74, 6) is 0.708. The highest BCUT2D eigenvalue weighted by Crippen LogP contribution is 2.34. The number of nitrogens with two attached hydrogens (primary N) is 1.